The number of nitrogens with zero attached hydrogens (tertiary/aromatic N) is 1. The number of anilines is 1. The number of carbonyl (C=O) groups excluding carboxylic acids is 1. The molecule has 0 aliphatic heterocycles. The Labute approximate surface area is 230 Å². The topological polar surface area (TPSA) is 88.1 Å². The van der Waals surface area contributed by atoms with Gasteiger partial charge in [-0.25, -0.2) is 9.59 Å². The van der Waals surface area contributed by atoms with Crippen molar-refractivity contribution in [3.63, 3.8) is 0 Å². The van der Waals surface area contributed by atoms with E-state index in [4.69, 9.17) is 9.47 Å². The maximum absolute atomic E-state index is 13.1. The van der Waals surface area contributed by atoms with E-state index < -0.39 is 5.97 Å². The molecule has 4 rings (SSSR count). The Morgan fingerprint density at radius 3 is 2.36 bits per heavy atom. The molecular weight excluding hydrogens is 492 g/mol. The number of hydrogen-bond donors (Lipinski definition) is 2. The number of amides is 2. The molecule has 1 fully saturated rings. The third-order valence-electron chi connectivity index (χ3n) is 7.15. The van der Waals surface area contributed by atoms with Gasteiger partial charge < -0.3 is 24.8 Å². The van der Waals surface area contributed by atoms with E-state index in [2.05, 4.69) is 17.4 Å². The van der Waals surface area contributed by atoms with Gasteiger partial charge in [-0.1, -0.05) is 66.2 Å². The second-order valence-electron chi connectivity index (χ2n) is 10.2. The molecule has 2 atom stereocenters. The van der Waals surface area contributed by atoms with Crippen LogP contribution in [0.5, 0.6) is 0 Å². The number of benzene rings is 3. The third kappa shape index (κ3) is 8.40. The van der Waals surface area contributed by atoms with Crippen molar-refractivity contribution in [3.8, 4) is 0 Å². The SMILES string of the molecule is Cc1ccc(CN(CCO[C@H]2CCC[C@@H](OCc3cccc(C)c3C(=O)O)C2)C(=O)Nc2ccccc2)cc1. The first kappa shape index (κ1) is 28.3. The summed E-state index contributed by atoms with van der Waals surface area (Å²) < 4.78 is 12.4. The van der Waals surface area contributed by atoms with Crippen LogP contribution in [0.3, 0.4) is 0 Å². The molecule has 0 unspecified atom stereocenters. The van der Waals surface area contributed by atoms with Crippen molar-refractivity contribution in [3.05, 3.63) is 101 Å². The van der Waals surface area contributed by atoms with Crippen LogP contribution in [-0.2, 0) is 22.6 Å². The van der Waals surface area contributed by atoms with Crippen molar-refractivity contribution >= 4 is 17.7 Å². The van der Waals surface area contributed by atoms with E-state index >= 15 is 0 Å². The van der Waals surface area contributed by atoms with Crippen LogP contribution >= 0.6 is 0 Å². The van der Waals surface area contributed by atoms with Gasteiger partial charge in [-0.2, -0.15) is 0 Å². The number of carboxylic acid groups (broad SMARTS) is 1. The molecule has 206 valence electrons. The Bertz CT molecular complexity index is 1230. The average molecular weight is 531 g/mol. The van der Waals surface area contributed by atoms with Crippen LogP contribution in [0.2, 0.25) is 0 Å². The lowest BCUT2D eigenvalue weighted by molar-refractivity contribution is -0.0524. The molecule has 1 saturated carbocycles. The number of para-hydroxylation sites is 1. The first-order valence-electron chi connectivity index (χ1n) is 13.6. The molecule has 0 spiro atoms. The molecule has 0 radical (unpaired) electrons. The van der Waals surface area contributed by atoms with Gasteiger partial charge in [0, 0.05) is 18.8 Å². The van der Waals surface area contributed by atoms with Gasteiger partial charge in [-0.3, -0.25) is 0 Å². The highest BCUT2D eigenvalue weighted by atomic mass is 16.5. The summed E-state index contributed by atoms with van der Waals surface area (Å²) in [4.78, 5) is 26.6. The Balaban J connectivity index is 1.31. The van der Waals surface area contributed by atoms with Gasteiger partial charge >= 0.3 is 12.0 Å². The first-order chi connectivity index (χ1) is 18.9. The van der Waals surface area contributed by atoms with E-state index in [0.717, 1.165) is 42.5 Å². The number of carboxylic acids is 1. The van der Waals surface area contributed by atoms with E-state index in [-0.39, 0.29) is 24.8 Å². The van der Waals surface area contributed by atoms with Crippen LogP contribution < -0.4 is 5.32 Å². The molecule has 3 aromatic rings. The molecule has 3 aromatic carbocycles. The molecule has 1 aliphatic rings. The van der Waals surface area contributed by atoms with E-state index in [1.165, 1.54) is 5.56 Å². The standard InChI is InChI=1S/C32H38N2O5/c1-23-14-16-25(17-15-23)21-34(32(37)33-27-10-4-3-5-11-27)18-19-38-28-12-7-13-29(20-28)39-22-26-9-6-8-24(2)30(26)31(35)36/h3-6,8-11,14-17,28-29H,7,12-13,18-22H2,1-2H3,(H,33,37)(H,35,36)/t28-,29+/m0/s1. The van der Waals surface area contributed by atoms with E-state index in [1.54, 1.807) is 17.9 Å². The molecule has 0 bridgehead atoms. The fraction of sp³-hybridized carbons (Fsp3) is 0.375. The highest BCUT2D eigenvalue weighted by molar-refractivity contribution is 5.91. The maximum atomic E-state index is 13.1. The second-order valence-corrected chi connectivity index (χ2v) is 10.2. The van der Waals surface area contributed by atoms with Gasteiger partial charge in [0.25, 0.3) is 0 Å². The number of nitrogens with one attached hydrogen (secondary N) is 1. The molecule has 1 aliphatic carbocycles. The summed E-state index contributed by atoms with van der Waals surface area (Å²) in [5.74, 6) is -0.928. The first-order valence-corrected chi connectivity index (χ1v) is 13.6. The predicted molar refractivity (Wildman–Crippen MR) is 152 cm³/mol. The minimum Gasteiger partial charge on any atom is -0.478 e. The zero-order chi connectivity index (χ0) is 27.6. The number of urea groups is 1. The third-order valence-corrected chi connectivity index (χ3v) is 7.15. The van der Waals surface area contributed by atoms with Crippen LogP contribution in [0.25, 0.3) is 0 Å². The minimum atomic E-state index is -0.928. The lowest BCUT2D eigenvalue weighted by Gasteiger charge is -2.30. The highest BCUT2D eigenvalue weighted by Crippen LogP contribution is 2.25. The second kappa shape index (κ2) is 13.9. The molecule has 0 saturated heterocycles. The van der Waals surface area contributed by atoms with Crippen molar-refractivity contribution in [2.24, 2.45) is 0 Å². The normalized spacial score (nSPS) is 17.0. The monoisotopic (exact) mass is 530 g/mol. The fourth-order valence-electron chi connectivity index (χ4n) is 4.99. The maximum Gasteiger partial charge on any atom is 0.336 e. The average Bonchev–Trinajstić information content (AvgIpc) is 2.93. The van der Waals surface area contributed by atoms with E-state index in [1.807, 2.05) is 61.5 Å². The van der Waals surface area contributed by atoms with Gasteiger partial charge in [0.15, 0.2) is 0 Å². The Hall–Kier alpha value is -3.68. The zero-order valence-electron chi connectivity index (χ0n) is 22.8. The van der Waals surface area contributed by atoms with Crippen LogP contribution in [0.4, 0.5) is 10.5 Å². The molecular formula is C32H38N2O5. The summed E-state index contributed by atoms with van der Waals surface area (Å²) in [6, 6.07) is 23.0. The number of ether oxygens (including phenoxy) is 2. The molecule has 2 N–H and O–H groups in total. The van der Waals surface area contributed by atoms with E-state index in [9.17, 15) is 14.7 Å². The van der Waals surface area contributed by atoms with E-state index in [0.29, 0.717) is 30.8 Å². The number of aromatic carboxylic acids is 1. The number of rotatable bonds is 11. The summed E-state index contributed by atoms with van der Waals surface area (Å²) in [5, 5.41) is 12.6. The summed E-state index contributed by atoms with van der Waals surface area (Å²) in [6.45, 7) is 5.49. The lowest BCUT2D eigenvalue weighted by atomic mass is 9.94. The smallest absolute Gasteiger partial charge is 0.336 e. The fourth-order valence-corrected chi connectivity index (χ4v) is 4.99. The molecule has 0 aromatic heterocycles. The van der Waals surface area contributed by atoms with Crippen LogP contribution in [0, 0.1) is 13.8 Å². The molecule has 2 amide bonds. The number of carbonyl (C=O) groups is 2. The number of aryl methyl sites for hydroxylation is 2. The molecule has 7 nitrogen and oxygen atoms in total. The largest absolute Gasteiger partial charge is 0.478 e. The lowest BCUT2D eigenvalue weighted by Crippen LogP contribution is -2.38. The minimum absolute atomic E-state index is 0.0101. The highest BCUT2D eigenvalue weighted by Gasteiger charge is 2.25. The van der Waals surface area contributed by atoms with Gasteiger partial charge in [0.1, 0.15) is 0 Å². The van der Waals surface area contributed by atoms with Gasteiger partial charge in [-0.05, 0) is 68.4 Å². The molecule has 7 heteroatoms. The Kier molecular flexibility index (Phi) is 10.1. The van der Waals surface area contributed by atoms with Crippen molar-refractivity contribution in [1.82, 2.24) is 4.90 Å². The van der Waals surface area contributed by atoms with Crippen molar-refractivity contribution < 1.29 is 24.2 Å². The van der Waals surface area contributed by atoms with Gasteiger partial charge in [0.2, 0.25) is 0 Å². The van der Waals surface area contributed by atoms with Crippen LogP contribution in [-0.4, -0.2) is 47.4 Å². The van der Waals surface area contributed by atoms with Gasteiger partial charge in [-0.15, -0.1) is 0 Å². The Morgan fingerprint density at radius 1 is 0.923 bits per heavy atom. The zero-order valence-corrected chi connectivity index (χ0v) is 22.8. The summed E-state index contributed by atoms with van der Waals surface area (Å²) in [6.07, 6.45) is 3.65. The number of hydrogen-bond acceptors (Lipinski definition) is 4. The van der Waals surface area contributed by atoms with Crippen molar-refractivity contribution in [2.75, 3.05) is 18.5 Å². The molecule has 39 heavy (non-hydrogen) atoms. The summed E-state index contributed by atoms with van der Waals surface area (Å²) >= 11 is 0. The quantitative estimate of drug-likeness (QED) is 0.292. The van der Waals surface area contributed by atoms with Crippen LogP contribution in [0.1, 0.15) is 58.3 Å². The Morgan fingerprint density at radius 2 is 1.64 bits per heavy atom. The molecule has 0 heterocycles. The van der Waals surface area contributed by atoms with Gasteiger partial charge in [0.05, 0.1) is 31.0 Å². The van der Waals surface area contributed by atoms with Crippen LogP contribution in [0.15, 0.2) is 72.8 Å². The van der Waals surface area contributed by atoms with Crippen molar-refractivity contribution in [2.45, 2.75) is 64.9 Å². The summed E-state index contributed by atoms with van der Waals surface area (Å²) in [5.41, 5.74) is 4.75. The predicted octanol–water partition coefficient (Wildman–Crippen LogP) is 6.58. The summed E-state index contributed by atoms with van der Waals surface area (Å²) in [7, 11) is 0. The van der Waals surface area contributed by atoms with Crippen molar-refractivity contribution in [1.29, 1.82) is 0 Å².